The number of aromatic nitrogens is 1. The fourth-order valence-corrected chi connectivity index (χ4v) is 3.23. The molecule has 0 unspecified atom stereocenters. The van der Waals surface area contributed by atoms with Gasteiger partial charge in [-0.25, -0.2) is 4.57 Å². The predicted octanol–water partition coefficient (Wildman–Crippen LogP) is 3.69. The molecule has 6 nitrogen and oxygen atoms in total. The molecule has 0 saturated carbocycles. The van der Waals surface area contributed by atoms with E-state index in [4.69, 9.17) is 18.7 Å². The summed E-state index contributed by atoms with van der Waals surface area (Å²) in [4.78, 5) is 3.97. The number of rotatable bonds is 5. The molecule has 0 atom stereocenters. The van der Waals surface area contributed by atoms with Gasteiger partial charge in [0.1, 0.15) is 5.75 Å². The minimum atomic E-state index is -3.81. The Labute approximate surface area is 126 Å². The van der Waals surface area contributed by atoms with E-state index in [1.807, 2.05) is 0 Å². The van der Waals surface area contributed by atoms with Gasteiger partial charge in [0.05, 0.1) is 29.7 Å². The van der Waals surface area contributed by atoms with Gasteiger partial charge >= 0.3 is 7.82 Å². The van der Waals surface area contributed by atoms with Crippen molar-refractivity contribution in [1.82, 2.24) is 4.98 Å². The van der Waals surface area contributed by atoms with Crippen LogP contribution in [0.2, 0.25) is 0 Å². The molecule has 0 fully saturated rings. The lowest BCUT2D eigenvalue weighted by Crippen LogP contribution is -2.25. The summed E-state index contributed by atoms with van der Waals surface area (Å²) in [5, 5.41) is 8.96. The molecule has 0 aromatic carbocycles. The number of aliphatic hydroxyl groups excluding tert-OH is 1. The lowest BCUT2D eigenvalue weighted by Gasteiger charge is -2.30. The third kappa shape index (κ3) is 7.05. The number of phosphoric acid groups is 1. The van der Waals surface area contributed by atoms with Crippen LogP contribution < -0.4 is 4.52 Å². The van der Waals surface area contributed by atoms with Gasteiger partial charge in [0.25, 0.3) is 0 Å². The second kappa shape index (κ2) is 6.44. The Hall–Kier alpha value is -0.940. The number of nitrogens with zero attached hydrogens (tertiary/aromatic N) is 1. The third-order valence-electron chi connectivity index (χ3n) is 1.95. The second-order valence-corrected chi connectivity index (χ2v) is 8.03. The van der Waals surface area contributed by atoms with Crippen LogP contribution in [0.25, 0.3) is 0 Å². The highest BCUT2D eigenvalue weighted by molar-refractivity contribution is 7.49. The Morgan fingerprint density at radius 2 is 1.62 bits per heavy atom. The van der Waals surface area contributed by atoms with Crippen LogP contribution in [0.5, 0.6) is 5.75 Å². The van der Waals surface area contributed by atoms with Crippen molar-refractivity contribution in [3.05, 3.63) is 24.0 Å². The molecule has 7 heteroatoms. The van der Waals surface area contributed by atoms with Crippen LogP contribution in [0.4, 0.5) is 0 Å². The maximum absolute atomic E-state index is 12.8. The lowest BCUT2D eigenvalue weighted by molar-refractivity contribution is 0.0223. The van der Waals surface area contributed by atoms with Crippen LogP contribution in [0.1, 0.15) is 47.2 Å². The minimum Gasteiger partial charge on any atom is -0.402 e. The van der Waals surface area contributed by atoms with Gasteiger partial charge in [-0.1, -0.05) is 0 Å². The largest absolute Gasteiger partial charge is 0.531 e. The molecule has 1 aromatic heterocycles. The molecule has 1 N–H and O–H groups in total. The van der Waals surface area contributed by atoms with E-state index >= 15 is 0 Å². The van der Waals surface area contributed by atoms with Gasteiger partial charge in [0.2, 0.25) is 0 Å². The van der Waals surface area contributed by atoms with Crippen molar-refractivity contribution in [2.24, 2.45) is 0 Å². The number of aliphatic hydroxyl groups is 1. The van der Waals surface area contributed by atoms with Gasteiger partial charge in [-0.3, -0.25) is 14.0 Å². The van der Waals surface area contributed by atoms with Crippen molar-refractivity contribution in [3.63, 3.8) is 0 Å². The molecule has 0 amide bonds. The first-order chi connectivity index (χ1) is 9.42. The second-order valence-electron chi connectivity index (χ2n) is 6.59. The number of phosphoric ester groups is 1. The molecule has 120 valence electrons. The fourth-order valence-electron chi connectivity index (χ4n) is 1.41. The van der Waals surface area contributed by atoms with Crippen LogP contribution in [0.15, 0.2) is 18.3 Å². The number of hydrogen-bond donors (Lipinski definition) is 1. The molecule has 0 aliphatic heterocycles. The van der Waals surface area contributed by atoms with E-state index in [1.165, 1.54) is 6.20 Å². The van der Waals surface area contributed by atoms with Crippen LogP contribution in [0.3, 0.4) is 0 Å². The van der Waals surface area contributed by atoms with E-state index < -0.39 is 19.0 Å². The Morgan fingerprint density at radius 3 is 1.95 bits per heavy atom. The van der Waals surface area contributed by atoms with Gasteiger partial charge in [-0.2, -0.15) is 0 Å². The summed E-state index contributed by atoms with van der Waals surface area (Å²) in [6, 6.07) is 3.14. The van der Waals surface area contributed by atoms with Crippen molar-refractivity contribution < 1.29 is 23.2 Å². The quantitative estimate of drug-likeness (QED) is 0.834. The molecular formula is C14H24NO5P. The van der Waals surface area contributed by atoms with Crippen molar-refractivity contribution >= 4 is 7.82 Å². The van der Waals surface area contributed by atoms with Crippen LogP contribution in [-0.2, 0) is 20.2 Å². The first-order valence-corrected chi connectivity index (χ1v) is 8.15. The zero-order valence-electron chi connectivity index (χ0n) is 13.4. The van der Waals surface area contributed by atoms with E-state index in [1.54, 1.807) is 53.7 Å². The summed E-state index contributed by atoms with van der Waals surface area (Å²) in [7, 11) is -3.81. The average molecular weight is 317 g/mol. The SMILES string of the molecule is CC(C)(C)OP(=O)(Oc1ccc(CO)nc1)OC(C)(C)C. The molecule has 1 aromatic rings. The monoisotopic (exact) mass is 317 g/mol. The van der Waals surface area contributed by atoms with Gasteiger partial charge in [-0.15, -0.1) is 0 Å². The van der Waals surface area contributed by atoms with Gasteiger partial charge in [-0.05, 0) is 53.7 Å². The van der Waals surface area contributed by atoms with Crippen molar-refractivity contribution in [1.29, 1.82) is 0 Å². The van der Waals surface area contributed by atoms with E-state index in [0.717, 1.165) is 0 Å². The van der Waals surface area contributed by atoms with Gasteiger partial charge in [0, 0.05) is 0 Å². The molecule has 0 radical (unpaired) electrons. The number of pyridine rings is 1. The topological polar surface area (TPSA) is 77.9 Å². The Kier molecular flexibility index (Phi) is 5.56. The fraction of sp³-hybridized carbons (Fsp3) is 0.643. The first-order valence-electron chi connectivity index (χ1n) is 6.69. The summed E-state index contributed by atoms with van der Waals surface area (Å²) < 4.78 is 29.2. The van der Waals surface area contributed by atoms with E-state index in [9.17, 15) is 4.57 Å². The maximum Gasteiger partial charge on any atom is 0.531 e. The van der Waals surface area contributed by atoms with Crippen LogP contribution in [-0.4, -0.2) is 21.3 Å². The normalized spacial score (nSPS) is 13.3. The molecular weight excluding hydrogens is 293 g/mol. The Balaban J connectivity index is 2.98. The summed E-state index contributed by atoms with van der Waals surface area (Å²) in [5.74, 6) is 0.254. The maximum atomic E-state index is 12.8. The molecule has 1 heterocycles. The molecule has 0 aliphatic carbocycles. The zero-order valence-corrected chi connectivity index (χ0v) is 14.3. The lowest BCUT2D eigenvalue weighted by atomic mass is 10.2. The molecule has 1 rings (SSSR count). The van der Waals surface area contributed by atoms with E-state index in [2.05, 4.69) is 4.98 Å². The summed E-state index contributed by atoms with van der Waals surface area (Å²) in [6.45, 7) is 10.4. The summed E-state index contributed by atoms with van der Waals surface area (Å²) in [6.07, 6.45) is 1.37. The van der Waals surface area contributed by atoms with Crippen molar-refractivity contribution in [3.8, 4) is 5.75 Å². The third-order valence-corrected chi connectivity index (χ3v) is 3.93. The Bertz CT molecular complexity index is 482. The van der Waals surface area contributed by atoms with E-state index in [-0.39, 0.29) is 12.4 Å². The zero-order chi connectivity index (χ0) is 16.3. The smallest absolute Gasteiger partial charge is 0.402 e. The predicted molar refractivity (Wildman–Crippen MR) is 80.1 cm³/mol. The molecule has 0 saturated heterocycles. The van der Waals surface area contributed by atoms with Crippen molar-refractivity contribution in [2.75, 3.05) is 0 Å². The van der Waals surface area contributed by atoms with Crippen LogP contribution in [0, 0.1) is 0 Å². The number of hydrogen-bond acceptors (Lipinski definition) is 6. The molecule has 0 bridgehead atoms. The summed E-state index contributed by atoms with van der Waals surface area (Å²) >= 11 is 0. The highest BCUT2D eigenvalue weighted by Crippen LogP contribution is 2.54. The highest BCUT2D eigenvalue weighted by Gasteiger charge is 2.38. The highest BCUT2D eigenvalue weighted by atomic mass is 31.2. The summed E-state index contributed by atoms with van der Waals surface area (Å²) in [5.41, 5.74) is -0.899. The minimum absolute atomic E-state index is 0.172. The van der Waals surface area contributed by atoms with Crippen LogP contribution >= 0.6 is 7.82 Å². The van der Waals surface area contributed by atoms with Gasteiger partial charge < -0.3 is 9.63 Å². The molecule has 0 aliphatic rings. The standard InChI is InChI=1S/C14H24NO5P/c1-13(2,3)19-21(17,20-14(4,5)6)18-12-8-7-11(10-16)15-9-12/h7-9,16H,10H2,1-6H3. The molecule has 21 heavy (non-hydrogen) atoms. The average Bonchev–Trinajstić information content (AvgIpc) is 2.24. The first kappa shape index (κ1) is 18.1. The van der Waals surface area contributed by atoms with Gasteiger partial charge in [0.15, 0.2) is 0 Å². The Morgan fingerprint density at radius 1 is 1.10 bits per heavy atom. The van der Waals surface area contributed by atoms with E-state index in [0.29, 0.717) is 5.69 Å². The van der Waals surface area contributed by atoms with Crippen molar-refractivity contribution in [2.45, 2.75) is 59.4 Å². The molecule has 0 spiro atoms.